The number of rotatable bonds is 12. The smallest absolute Gasteiger partial charge is 0.295 e. The Hall–Kier alpha value is -1.74. The third-order valence-electron chi connectivity index (χ3n) is 3.76. The summed E-state index contributed by atoms with van der Waals surface area (Å²) in [7, 11) is -3.63. The zero-order valence-electron chi connectivity index (χ0n) is 16.3. The summed E-state index contributed by atoms with van der Waals surface area (Å²) in [5.74, 6) is 0.477. The molecule has 0 bridgehead atoms. The van der Waals surface area contributed by atoms with Gasteiger partial charge >= 0.3 is 0 Å². The molecule has 152 valence electrons. The maximum absolute atomic E-state index is 12.2. The number of carbonyl (C=O) groups excluding carboxylic acids is 1. The van der Waals surface area contributed by atoms with Gasteiger partial charge in [-0.2, -0.15) is 11.8 Å². The molecule has 1 rings (SSSR count). The van der Waals surface area contributed by atoms with Gasteiger partial charge < -0.3 is 9.73 Å². The number of hydrogen-bond donors (Lipinski definition) is 2. The summed E-state index contributed by atoms with van der Waals surface area (Å²) in [6.45, 7) is 6.37. The molecule has 1 atom stereocenters. The van der Waals surface area contributed by atoms with Crippen molar-refractivity contribution in [2.24, 2.45) is 0 Å². The summed E-state index contributed by atoms with van der Waals surface area (Å²) in [5.41, 5.74) is 2.69. The molecule has 0 aliphatic carbocycles. The Bertz CT molecular complexity index is 741. The minimum atomic E-state index is -3.63. The van der Waals surface area contributed by atoms with E-state index in [2.05, 4.69) is 43.2 Å². The van der Waals surface area contributed by atoms with Gasteiger partial charge in [0.15, 0.2) is 0 Å². The van der Waals surface area contributed by atoms with Crippen molar-refractivity contribution in [2.45, 2.75) is 46.1 Å². The van der Waals surface area contributed by atoms with E-state index in [9.17, 15) is 13.2 Å². The SMILES string of the molecule is CC/C(C)=C/CC/C(C)=C/CSCC(Nc1ncco1)C(=O)NS(C)(=O)=O. The van der Waals surface area contributed by atoms with Gasteiger partial charge in [0, 0.05) is 11.5 Å². The van der Waals surface area contributed by atoms with Gasteiger partial charge in [0.25, 0.3) is 11.9 Å². The normalized spacial score (nSPS) is 14.1. The van der Waals surface area contributed by atoms with E-state index < -0.39 is 22.0 Å². The number of oxazole rings is 1. The van der Waals surface area contributed by atoms with Crippen LogP contribution in [0.3, 0.4) is 0 Å². The molecule has 0 saturated heterocycles. The minimum Gasteiger partial charge on any atom is -0.432 e. The van der Waals surface area contributed by atoms with E-state index in [1.165, 1.54) is 35.4 Å². The molecule has 1 heterocycles. The third kappa shape index (κ3) is 10.9. The molecule has 27 heavy (non-hydrogen) atoms. The van der Waals surface area contributed by atoms with E-state index in [0.29, 0.717) is 5.75 Å². The Labute approximate surface area is 166 Å². The molecular formula is C18H29N3O4S2. The zero-order valence-corrected chi connectivity index (χ0v) is 18.0. The molecule has 0 saturated carbocycles. The number of nitrogens with zero attached hydrogens (tertiary/aromatic N) is 1. The van der Waals surface area contributed by atoms with Crippen LogP contribution in [-0.4, -0.2) is 43.1 Å². The number of amides is 1. The third-order valence-corrected chi connectivity index (χ3v) is 5.30. The van der Waals surface area contributed by atoms with Gasteiger partial charge in [-0.1, -0.05) is 30.2 Å². The fourth-order valence-electron chi connectivity index (χ4n) is 2.06. The molecule has 1 aromatic rings. The van der Waals surface area contributed by atoms with Gasteiger partial charge in [-0.3, -0.25) is 9.52 Å². The van der Waals surface area contributed by atoms with Gasteiger partial charge in [0.05, 0.1) is 12.5 Å². The molecule has 1 amide bonds. The van der Waals surface area contributed by atoms with Gasteiger partial charge in [0.2, 0.25) is 10.0 Å². The second kappa shape index (κ2) is 11.9. The second-order valence-electron chi connectivity index (χ2n) is 6.30. The van der Waals surface area contributed by atoms with E-state index in [0.717, 1.165) is 31.3 Å². The fraction of sp³-hybridized carbons (Fsp3) is 0.556. The first-order chi connectivity index (χ1) is 12.7. The summed E-state index contributed by atoms with van der Waals surface area (Å²) >= 11 is 1.53. The highest BCUT2D eigenvalue weighted by atomic mass is 32.2. The van der Waals surface area contributed by atoms with E-state index in [4.69, 9.17) is 4.42 Å². The minimum absolute atomic E-state index is 0.175. The molecule has 7 nitrogen and oxygen atoms in total. The van der Waals surface area contributed by atoms with E-state index in [1.54, 1.807) is 0 Å². The number of hydrogen-bond acceptors (Lipinski definition) is 7. The number of allylic oxidation sites excluding steroid dienone is 3. The van der Waals surface area contributed by atoms with Crippen molar-refractivity contribution in [2.75, 3.05) is 23.1 Å². The van der Waals surface area contributed by atoms with Crippen molar-refractivity contribution < 1.29 is 17.6 Å². The first-order valence-electron chi connectivity index (χ1n) is 8.78. The molecule has 0 fully saturated rings. The van der Waals surface area contributed by atoms with Crippen molar-refractivity contribution in [3.63, 3.8) is 0 Å². The van der Waals surface area contributed by atoms with Crippen LogP contribution < -0.4 is 10.0 Å². The predicted molar refractivity (Wildman–Crippen MR) is 111 cm³/mol. The van der Waals surface area contributed by atoms with Crippen LogP contribution in [0.4, 0.5) is 6.01 Å². The van der Waals surface area contributed by atoms with Crippen LogP contribution in [0.5, 0.6) is 0 Å². The molecule has 9 heteroatoms. The Balaban J connectivity index is 2.53. The number of thioether (sulfide) groups is 1. The lowest BCUT2D eigenvalue weighted by Gasteiger charge is -2.16. The number of sulfonamides is 1. The predicted octanol–water partition coefficient (Wildman–Crippen LogP) is 3.35. The van der Waals surface area contributed by atoms with Crippen LogP contribution in [-0.2, 0) is 14.8 Å². The highest BCUT2D eigenvalue weighted by Crippen LogP contribution is 2.13. The summed E-state index contributed by atoms with van der Waals surface area (Å²) in [6, 6.07) is -0.596. The van der Waals surface area contributed by atoms with Crippen molar-refractivity contribution in [3.05, 3.63) is 35.8 Å². The monoisotopic (exact) mass is 415 g/mol. The average molecular weight is 416 g/mol. The van der Waals surface area contributed by atoms with E-state index in [-0.39, 0.29) is 6.01 Å². The average Bonchev–Trinajstić information content (AvgIpc) is 3.08. The molecule has 0 radical (unpaired) electrons. The van der Waals surface area contributed by atoms with Crippen molar-refractivity contribution in [1.29, 1.82) is 0 Å². The first kappa shape index (κ1) is 23.3. The van der Waals surface area contributed by atoms with Gasteiger partial charge in [-0.05, 0) is 33.1 Å². The maximum Gasteiger partial charge on any atom is 0.295 e. The van der Waals surface area contributed by atoms with Crippen LogP contribution >= 0.6 is 11.8 Å². The molecule has 0 aromatic carbocycles. The van der Waals surface area contributed by atoms with Crippen LogP contribution in [0.15, 0.2) is 40.2 Å². The number of carbonyl (C=O) groups is 1. The van der Waals surface area contributed by atoms with Crippen LogP contribution in [0, 0.1) is 0 Å². The van der Waals surface area contributed by atoms with Gasteiger partial charge in [0.1, 0.15) is 12.3 Å². The van der Waals surface area contributed by atoms with Crippen LogP contribution in [0.1, 0.15) is 40.0 Å². The standard InChI is InChI=1S/C18H29N3O4S2/c1-5-14(2)7-6-8-15(3)9-12-26-13-16(17(22)21-27(4,23)24)20-18-19-10-11-25-18/h7,9-11,16H,5-6,8,12-13H2,1-4H3,(H,19,20)(H,21,22)/b14-7+,15-9+. The van der Waals surface area contributed by atoms with Crippen molar-refractivity contribution in [3.8, 4) is 0 Å². The quantitative estimate of drug-likeness (QED) is 0.399. The van der Waals surface area contributed by atoms with E-state index in [1.807, 2.05) is 4.72 Å². The summed E-state index contributed by atoms with van der Waals surface area (Å²) in [6.07, 6.45) is 11.3. The summed E-state index contributed by atoms with van der Waals surface area (Å²) in [4.78, 5) is 16.1. The molecule has 0 aliphatic rings. The molecule has 0 spiro atoms. The number of nitrogens with one attached hydrogen (secondary N) is 2. The zero-order chi connectivity index (χ0) is 20.3. The van der Waals surface area contributed by atoms with Crippen LogP contribution in [0.25, 0.3) is 0 Å². The maximum atomic E-state index is 12.2. The van der Waals surface area contributed by atoms with Crippen molar-refractivity contribution >= 4 is 33.7 Å². The highest BCUT2D eigenvalue weighted by molar-refractivity contribution is 7.99. The Morgan fingerprint density at radius 1 is 1.33 bits per heavy atom. The van der Waals surface area contributed by atoms with Gasteiger partial charge in [-0.25, -0.2) is 13.4 Å². The molecule has 1 aromatic heterocycles. The van der Waals surface area contributed by atoms with Crippen LogP contribution in [0.2, 0.25) is 0 Å². The Morgan fingerprint density at radius 2 is 2.07 bits per heavy atom. The fourth-order valence-corrected chi connectivity index (χ4v) is 3.58. The van der Waals surface area contributed by atoms with Gasteiger partial charge in [-0.15, -0.1) is 0 Å². The summed E-state index contributed by atoms with van der Waals surface area (Å²) < 4.78 is 29.7. The first-order valence-corrected chi connectivity index (χ1v) is 11.8. The number of aromatic nitrogens is 1. The van der Waals surface area contributed by atoms with E-state index >= 15 is 0 Å². The lowest BCUT2D eigenvalue weighted by molar-refractivity contribution is -0.119. The lowest BCUT2D eigenvalue weighted by Crippen LogP contribution is -2.43. The highest BCUT2D eigenvalue weighted by Gasteiger charge is 2.22. The Kier molecular flexibility index (Phi) is 10.2. The number of anilines is 1. The largest absolute Gasteiger partial charge is 0.432 e. The summed E-state index contributed by atoms with van der Waals surface area (Å²) in [5, 5.41) is 2.82. The topological polar surface area (TPSA) is 101 Å². The Morgan fingerprint density at radius 3 is 2.67 bits per heavy atom. The van der Waals surface area contributed by atoms with Crippen molar-refractivity contribution in [1.82, 2.24) is 9.71 Å². The second-order valence-corrected chi connectivity index (χ2v) is 9.13. The molecule has 0 aliphatic heterocycles. The molecule has 2 N–H and O–H groups in total. The molecule has 1 unspecified atom stereocenters. The lowest BCUT2D eigenvalue weighted by atomic mass is 10.1. The molecular weight excluding hydrogens is 386 g/mol.